The third kappa shape index (κ3) is 5.04. The van der Waals surface area contributed by atoms with E-state index in [1.54, 1.807) is 16.7 Å². The maximum absolute atomic E-state index is 12.0. The lowest BCUT2D eigenvalue weighted by Gasteiger charge is -2.36. The van der Waals surface area contributed by atoms with Crippen molar-refractivity contribution < 1.29 is 0 Å². The Hall–Kier alpha value is -3.31. The van der Waals surface area contributed by atoms with Crippen LogP contribution in [0.2, 0.25) is 0 Å². The van der Waals surface area contributed by atoms with E-state index >= 15 is 0 Å². The highest BCUT2D eigenvalue weighted by Gasteiger charge is 2.17. The smallest absolute Gasteiger partial charge is 0.255 e. The number of nitrogens with zero attached hydrogens (tertiary/aromatic N) is 3. The Morgan fingerprint density at radius 2 is 1.52 bits per heavy atom. The number of aromatic nitrogens is 2. The fraction of sp³-hybridized carbons (Fsp3) is 0.321. The fourth-order valence-electron chi connectivity index (χ4n) is 4.86. The molecule has 5 rings (SSSR count). The van der Waals surface area contributed by atoms with Crippen LogP contribution in [0.5, 0.6) is 0 Å². The van der Waals surface area contributed by atoms with Gasteiger partial charge in [-0.3, -0.25) is 14.3 Å². The molecule has 1 fully saturated rings. The molecule has 0 radical (unpaired) electrons. The van der Waals surface area contributed by atoms with Crippen LogP contribution in [0, 0.1) is 0 Å². The van der Waals surface area contributed by atoms with Gasteiger partial charge in [-0.05, 0) is 67.8 Å². The van der Waals surface area contributed by atoms with Gasteiger partial charge >= 0.3 is 0 Å². The van der Waals surface area contributed by atoms with Crippen molar-refractivity contribution in [2.24, 2.45) is 0 Å². The zero-order chi connectivity index (χ0) is 22.5. The molecule has 2 aromatic carbocycles. The first kappa shape index (κ1) is 21.5. The molecule has 3 heterocycles. The molecule has 0 aliphatic carbocycles. The Morgan fingerprint density at radius 3 is 2.33 bits per heavy atom. The normalized spacial score (nSPS) is 14.7. The highest BCUT2D eigenvalue weighted by Crippen LogP contribution is 2.21. The summed E-state index contributed by atoms with van der Waals surface area (Å²) in [5.74, 6) is 0. The summed E-state index contributed by atoms with van der Waals surface area (Å²) in [4.78, 5) is 20.5. The molecule has 5 nitrogen and oxygen atoms in total. The second-order valence-electron chi connectivity index (χ2n) is 8.92. The summed E-state index contributed by atoms with van der Waals surface area (Å²) < 4.78 is 1.68. The summed E-state index contributed by atoms with van der Waals surface area (Å²) >= 11 is 0. The number of anilines is 1. The largest absolute Gasteiger partial charge is 0.369 e. The van der Waals surface area contributed by atoms with E-state index in [0.717, 1.165) is 38.3 Å². The van der Waals surface area contributed by atoms with Gasteiger partial charge in [-0.15, -0.1) is 0 Å². The van der Waals surface area contributed by atoms with Crippen molar-refractivity contribution in [2.45, 2.75) is 25.7 Å². The highest BCUT2D eigenvalue weighted by molar-refractivity contribution is 5.83. The van der Waals surface area contributed by atoms with Gasteiger partial charge in [-0.1, -0.05) is 30.7 Å². The third-order valence-electron chi connectivity index (χ3n) is 6.78. The minimum absolute atomic E-state index is 0.000291. The Labute approximate surface area is 195 Å². The third-order valence-corrected chi connectivity index (χ3v) is 6.78. The number of para-hydroxylation sites is 1. The van der Waals surface area contributed by atoms with E-state index in [9.17, 15) is 4.79 Å². The van der Waals surface area contributed by atoms with Crippen molar-refractivity contribution in [1.82, 2.24) is 14.5 Å². The number of unbranched alkanes of at least 4 members (excludes halogenated alkanes) is 2. The molecule has 0 unspecified atom stereocenters. The first-order valence-electron chi connectivity index (χ1n) is 12.1. The molecule has 0 atom stereocenters. The summed E-state index contributed by atoms with van der Waals surface area (Å²) in [6.07, 6.45) is 8.94. The van der Waals surface area contributed by atoms with Crippen molar-refractivity contribution in [1.29, 1.82) is 0 Å². The first-order chi connectivity index (χ1) is 16.3. The van der Waals surface area contributed by atoms with Gasteiger partial charge < -0.3 is 9.88 Å². The van der Waals surface area contributed by atoms with E-state index in [2.05, 4.69) is 57.4 Å². The van der Waals surface area contributed by atoms with Crippen LogP contribution in [0.25, 0.3) is 16.6 Å². The lowest BCUT2D eigenvalue weighted by molar-refractivity contribution is 0.252. The number of pyridine rings is 1. The predicted octanol–water partition coefficient (Wildman–Crippen LogP) is 4.85. The molecule has 170 valence electrons. The molecule has 0 saturated carbocycles. The van der Waals surface area contributed by atoms with Crippen molar-refractivity contribution in [3.8, 4) is 5.69 Å². The van der Waals surface area contributed by atoms with Gasteiger partial charge in [0, 0.05) is 66.9 Å². The zero-order valence-corrected chi connectivity index (χ0v) is 19.1. The zero-order valence-electron chi connectivity index (χ0n) is 19.1. The van der Waals surface area contributed by atoms with Crippen LogP contribution in [0.3, 0.4) is 0 Å². The lowest BCUT2D eigenvalue weighted by Crippen LogP contribution is -2.46. The second-order valence-corrected chi connectivity index (χ2v) is 8.92. The second kappa shape index (κ2) is 10.1. The molecule has 4 aromatic rings. The number of rotatable bonds is 8. The van der Waals surface area contributed by atoms with E-state index in [0.29, 0.717) is 0 Å². The molecular formula is C28H32N4O. The molecule has 2 aromatic heterocycles. The number of aromatic amines is 1. The van der Waals surface area contributed by atoms with Gasteiger partial charge in [-0.25, -0.2) is 0 Å². The van der Waals surface area contributed by atoms with Crippen LogP contribution in [0.15, 0.2) is 83.9 Å². The van der Waals surface area contributed by atoms with Gasteiger partial charge in [0.1, 0.15) is 0 Å². The van der Waals surface area contributed by atoms with Crippen LogP contribution in [-0.2, 0) is 6.42 Å². The van der Waals surface area contributed by atoms with Crippen molar-refractivity contribution >= 4 is 16.6 Å². The van der Waals surface area contributed by atoms with Crippen molar-refractivity contribution in [3.63, 3.8) is 0 Å². The number of nitrogens with one attached hydrogen (secondary N) is 1. The van der Waals surface area contributed by atoms with E-state index in [4.69, 9.17) is 0 Å². The highest BCUT2D eigenvalue weighted by atomic mass is 16.1. The van der Waals surface area contributed by atoms with E-state index in [1.807, 2.05) is 24.4 Å². The van der Waals surface area contributed by atoms with E-state index in [1.165, 1.54) is 48.0 Å². The maximum atomic E-state index is 12.0. The standard InChI is InChI=1S/C28H32N4O/c33-28-11-5-7-17-32(28)25-14-12-24(13-15-25)31-20-18-30(19-21-31)16-6-1-2-8-23-22-29-27-10-4-3-9-26(23)27/h3-5,7,9-15,17,22,29H,1-2,6,8,16,18-21H2. The summed E-state index contributed by atoms with van der Waals surface area (Å²) in [7, 11) is 0. The topological polar surface area (TPSA) is 44.3 Å². The summed E-state index contributed by atoms with van der Waals surface area (Å²) in [6.45, 7) is 5.53. The quantitative estimate of drug-likeness (QED) is 0.398. The number of hydrogen-bond donors (Lipinski definition) is 1. The predicted molar refractivity (Wildman–Crippen MR) is 137 cm³/mol. The number of benzene rings is 2. The number of hydrogen-bond acceptors (Lipinski definition) is 3. The summed E-state index contributed by atoms with van der Waals surface area (Å²) in [5.41, 5.74) is 4.84. The van der Waals surface area contributed by atoms with Crippen LogP contribution < -0.4 is 10.5 Å². The van der Waals surface area contributed by atoms with E-state index < -0.39 is 0 Å². The van der Waals surface area contributed by atoms with Crippen molar-refractivity contribution in [3.05, 3.63) is 95.0 Å². The maximum Gasteiger partial charge on any atom is 0.255 e. The Bertz CT molecular complexity index is 1230. The van der Waals surface area contributed by atoms with Crippen molar-refractivity contribution in [2.75, 3.05) is 37.6 Å². The molecule has 1 N–H and O–H groups in total. The SMILES string of the molecule is O=c1ccccn1-c1ccc(N2CCN(CCCCCc3c[nH]c4ccccc34)CC2)cc1. The van der Waals surface area contributed by atoms with Gasteiger partial charge in [-0.2, -0.15) is 0 Å². The average molecular weight is 441 g/mol. The van der Waals surface area contributed by atoms with Gasteiger partial charge in [0.25, 0.3) is 5.56 Å². The molecular weight excluding hydrogens is 408 g/mol. The molecule has 0 amide bonds. The van der Waals surface area contributed by atoms with Crippen LogP contribution in [0.1, 0.15) is 24.8 Å². The molecule has 1 saturated heterocycles. The molecule has 1 aliphatic heterocycles. The number of fused-ring (bicyclic) bond motifs is 1. The number of H-pyrrole nitrogens is 1. The van der Waals surface area contributed by atoms with Crippen LogP contribution in [-0.4, -0.2) is 47.2 Å². The summed E-state index contributed by atoms with van der Waals surface area (Å²) in [5, 5.41) is 1.37. The molecule has 1 aliphatic rings. The van der Waals surface area contributed by atoms with Gasteiger partial charge in [0.05, 0.1) is 0 Å². The minimum atomic E-state index is 0.000291. The monoisotopic (exact) mass is 440 g/mol. The average Bonchev–Trinajstić information content (AvgIpc) is 3.28. The Balaban J connectivity index is 1.04. The van der Waals surface area contributed by atoms with Gasteiger partial charge in [0.15, 0.2) is 0 Å². The number of aryl methyl sites for hydroxylation is 1. The minimum Gasteiger partial charge on any atom is -0.369 e. The number of piperazine rings is 1. The Kier molecular flexibility index (Phi) is 6.58. The van der Waals surface area contributed by atoms with E-state index in [-0.39, 0.29) is 5.56 Å². The van der Waals surface area contributed by atoms with Crippen LogP contribution in [0.4, 0.5) is 5.69 Å². The Morgan fingerprint density at radius 1 is 0.758 bits per heavy atom. The molecule has 5 heteroatoms. The lowest BCUT2D eigenvalue weighted by atomic mass is 10.1. The summed E-state index contributed by atoms with van der Waals surface area (Å²) in [6, 6.07) is 22.2. The molecule has 33 heavy (non-hydrogen) atoms. The molecule has 0 bridgehead atoms. The first-order valence-corrected chi connectivity index (χ1v) is 12.1. The van der Waals surface area contributed by atoms with Crippen LogP contribution >= 0.6 is 0 Å². The fourth-order valence-corrected chi connectivity index (χ4v) is 4.86. The van der Waals surface area contributed by atoms with Gasteiger partial charge in [0.2, 0.25) is 0 Å². The molecule has 0 spiro atoms.